The summed E-state index contributed by atoms with van der Waals surface area (Å²) in [6.45, 7) is 5.55. The summed E-state index contributed by atoms with van der Waals surface area (Å²) >= 11 is 0. The summed E-state index contributed by atoms with van der Waals surface area (Å²) in [6, 6.07) is 3.58. The Hall–Kier alpha value is -2.11. The second-order valence-corrected chi connectivity index (χ2v) is 4.40. The summed E-state index contributed by atoms with van der Waals surface area (Å²) in [5, 5.41) is 14.7. The number of hydrogen-bond acceptors (Lipinski definition) is 4. The molecule has 0 fully saturated rings. The molecule has 1 rings (SSSR count). The Morgan fingerprint density at radius 2 is 2.16 bits per heavy atom. The fourth-order valence-electron chi connectivity index (χ4n) is 1.95. The molecule has 1 aromatic heterocycles. The molecule has 0 spiro atoms. The zero-order valence-electron chi connectivity index (χ0n) is 11.5. The highest BCUT2D eigenvalue weighted by Gasteiger charge is 2.34. The minimum atomic E-state index is -0.851. The molecule has 0 aliphatic rings. The van der Waals surface area contributed by atoms with E-state index in [4.69, 9.17) is 10.9 Å². The Bertz CT molecular complexity index is 481. The first-order valence-corrected chi connectivity index (χ1v) is 6.22. The monoisotopic (exact) mass is 264 g/mol. The van der Waals surface area contributed by atoms with Crippen LogP contribution in [0.4, 0.5) is 0 Å². The van der Waals surface area contributed by atoms with Crippen LogP contribution in [-0.2, 0) is 0 Å². The molecule has 0 aliphatic heterocycles. The molecule has 19 heavy (non-hydrogen) atoms. The highest BCUT2D eigenvalue weighted by atomic mass is 16.4. The smallest absolute Gasteiger partial charge is 0.270 e. The number of nitrogens with two attached hydrogens (primary N) is 1. The van der Waals surface area contributed by atoms with Gasteiger partial charge in [-0.3, -0.25) is 9.78 Å². The molecule has 1 aromatic rings. The summed E-state index contributed by atoms with van der Waals surface area (Å²) in [4.78, 5) is 16.3. The largest absolute Gasteiger partial charge is 0.409 e. The average molecular weight is 264 g/mol. The molecule has 6 nitrogen and oxygen atoms in total. The van der Waals surface area contributed by atoms with Gasteiger partial charge in [0.15, 0.2) is 5.84 Å². The topological polar surface area (TPSA) is 101 Å². The van der Waals surface area contributed by atoms with Gasteiger partial charge in [0.2, 0.25) is 0 Å². The third-order valence-corrected chi connectivity index (χ3v) is 3.38. The van der Waals surface area contributed by atoms with Crippen LogP contribution in [0.25, 0.3) is 0 Å². The summed E-state index contributed by atoms with van der Waals surface area (Å²) in [6.07, 6.45) is 2.61. The van der Waals surface area contributed by atoms with Crippen molar-refractivity contribution in [2.24, 2.45) is 10.9 Å². The van der Waals surface area contributed by atoms with Crippen LogP contribution in [0, 0.1) is 6.92 Å². The molecule has 0 aliphatic carbocycles. The Balaban J connectivity index is 3.05. The maximum absolute atomic E-state index is 12.3. The lowest BCUT2D eigenvalue weighted by atomic mass is 9.91. The van der Waals surface area contributed by atoms with Gasteiger partial charge in [0, 0.05) is 6.20 Å². The number of amides is 1. The van der Waals surface area contributed by atoms with Crippen LogP contribution in [0.2, 0.25) is 0 Å². The predicted octanol–water partition coefficient (Wildman–Crippen LogP) is 1.43. The number of pyridine rings is 1. The van der Waals surface area contributed by atoms with Gasteiger partial charge in [-0.05, 0) is 31.4 Å². The fourth-order valence-corrected chi connectivity index (χ4v) is 1.95. The molecule has 1 heterocycles. The Labute approximate surface area is 112 Å². The number of carbonyl (C=O) groups is 1. The van der Waals surface area contributed by atoms with Gasteiger partial charge in [-0.2, -0.15) is 0 Å². The molecule has 4 N–H and O–H groups in total. The summed E-state index contributed by atoms with van der Waals surface area (Å²) in [7, 11) is 0. The molecule has 6 heteroatoms. The standard InChI is InChI=1S/C13H20N4O2/c1-4-13(5-2,12(14)17-19)16-11(18)10-9(3)7-6-8-15-10/h6-8,19H,4-5H2,1-3H3,(H2,14,17)(H,16,18). The van der Waals surface area contributed by atoms with E-state index in [0.717, 1.165) is 5.56 Å². The fraction of sp³-hybridized carbons (Fsp3) is 0.462. The summed E-state index contributed by atoms with van der Waals surface area (Å²) < 4.78 is 0. The molecule has 0 bridgehead atoms. The van der Waals surface area contributed by atoms with Crippen molar-refractivity contribution in [3.8, 4) is 0 Å². The van der Waals surface area contributed by atoms with Crippen molar-refractivity contribution >= 4 is 11.7 Å². The molecule has 0 radical (unpaired) electrons. The van der Waals surface area contributed by atoms with E-state index in [-0.39, 0.29) is 11.7 Å². The number of oxime groups is 1. The predicted molar refractivity (Wildman–Crippen MR) is 73.2 cm³/mol. The molecule has 0 aromatic carbocycles. The number of aryl methyl sites for hydroxylation is 1. The first kappa shape index (κ1) is 14.9. The van der Waals surface area contributed by atoms with Gasteiger partial charge in [-0.15, -0.1) is 0 Å². The zero-order chi connectivity index (χ0) is 14.5. The highest BCUT2D eigenvalue weighted by Crippen LogP contribution is 2.17. The molecule has 104 valence electrons. The number of carbonyl (C=O) groups excluding carboxylic acids is 1. The summed E-state index contributed by atoms with van der Waals surface area (Å²) in [5.41, 5.74) is 5.98. The first-order valence-electron chi connectivity index (χ1n) is 6.22. The third-order valence-electron chi connectivity index (χ3n) is 3.38. The van der Waals surface area contributed by atoms with E-state index in [1.54, 1.807) is 12.3 Å². The number of nitrogens with zero attached hydrogens (tertiary/aromatic N) is 2. The number of nitrogens with one attached hydrogen (secondary N) is 1. The molecule has 0 atom stereocenters. The lowest BCUT2D eigenvalue weighted by molar-refractivity contribution is 0.0912. The maximum atomic E-state index is 12.3. The lowest BCUT2D eigenvalue weighted by Crippen LogP contribution is -2.57. The number of aromatic nitrogens is 1. The van der Waals surface area contributed by atoms with Gasteiger partial charge in [0.1, 0.15) is 11.2 Å². The maximum Gasteiger partial charge on any atom is 0.270 e. The number of rotatable bonds is 5. The van der Waals surface area contributed by atoms with E-state index in [0.29, 0.717) is 18.5 Å². The van der Waals surface area contributed by atoms with Crippen LogP contribution in [0.1, 0.15) is 42.7 Å². The van der Waals surface area contributed by atoms with E-state index in [2.05, 4.69) is 15.5 Å². The van der Waals surface area contributed by atoms with E-state index in [1.165, 1.54) is 0 Å². The lowest BCUT2D eigenvalue weighted by Gasteiger charge is -2.31. The van der Waals surface area contributed by atoms with Crippen LogP contribution in [0.15, 0.2) is 23.5 Å². The van der Waals surface area contributed by atoms with Crippen molar-refractivity contribution in [1.29, 1.82) is 0 Å². The minimum Gasteiger partial charge on any atom is -0.409 e. The van der Waals surface area contributed by atoms with Crippen molar-refractivity contribution in [3.63, 3.8) is 0 Å². The quantitative estimate of drug-likeness (QED) is 0.324. The molecular weight excluding hydrogens is 244 g/mol. The van der Waals surface area contributed by atoms with Gasteiger partial charge >= 0.3 is 0 Å². The van der Waals surface area contributed by atoms with E-state index in [1.807, 2.05) is 26.8 Å². The minimum absolute atomic E-state index is 0.000524. The van der Waals surface area contributed by atoms with Crippen molar-refractivity contribution in [1.82, 2.24) is 10.3 Å². The van der Waals surface area contributed by atoms with Crippen molar-refractivity contribution in [2.75, 3.05) is 0 Å². The van der Waals surface area contributed by atoms with Gasteiger partial charge in [0.05, 0.1) is 0 Å². The van der Waals surface area contributed by atoms with Crippen LogP contribution >= 0.6 is 0 Å². The van der Waals surface area contributed by atoms with Crippen LogP contribution < -0.4 is 11.1 Å². The van der Waals surface area contributed by atoms with Crippen LogP contribution in [0.5, 0.6) is 0 Å². The molecule has 0 unspecified atom stereocenters. The van der Waals surface area contributed by atoms with Gasteiger partial charge < -0.3 is 16.3 Å². The van der Waals surface area contributed by atoms with Crippen molar-refractivity contribution < 1.29 is 10.0 Å². The number of amidine groups is 1. The second kappa shape index (κ2) is 6.17. The zero-order valence-corrected chi connectivity index (χ0v) is 11.5. The Morgan fingerprint density at radius 1 is 1.53 bits per heavy atom. The molecule has 0 saturated carbocycles. The third kappa shape index (κ3) is 3.01. The van der Waals surface area contributed by atoms with Gasteiger partial charge in [0.25, 0.3) is 5.91 Å². The average Bonchev–Trinajstić information content (AvgIpc) is 2.44. The van der Waals surface area contributed by atoms with Gasteiger partial charge in [-0.25, -0.2) is 0 Å². The van der Waals surface area contributed by atoms with E-state index < -0.39 is 5.54 Å². The highest BCUT2D eigenvalue weighted by molar-refractivity contribution is 5.99. The molecular formula is C13H20N4O2. The van der Waals surface area contributed by atoms with Crippen molar-refractivity contribution in [2.45, 2.75) is 39.2 Å². The van der Waals surface area contributed by atoms with E-state index in [9.17, 15) is 4.79 Å². The van der Waals surface area contributed by atoms with Crippen molar-refractivity contribution in [3.05, 3.63) is 29.6 Å². The SMILES string of the molecule is CCC(CC)(NC(=O)c1ncccc1C)C(N)=NO. The number of hydrogen-bond donors (Lipinski definition) is 3. The molecule has 1 amide bonds. The molecule has 0 saturated heterocycles. The second-order valence-electron chi connectivity index (χ2n) is 4.40. The van der Waals surface area contributed by atoms with E-state index >= 15 is 0 Å². The Kier molecular flexibility index (Phi) is 4.86. The van der Waals surface area contributed by atoms with Crippen LogP contribution in [0.3, 0.4) is 0 Å². The summed E-state index contributed by atoms with van der Waals surface area (Å²) in [5.74, 6) is -0.326. The normalized spacial score (nSPS) is 12.3. The van der Waals surface area contributed by atoms with Crippen LogP contribution in [-0.4, -0.2) is 27.5 Å². The first-order chi connectivity index (χ1) is 9.00. The van der Waals surface area contributed by atoms with Gasteiger partial charge in [-0.1, -0.05) is 25.1 Å². The Morgan fingerprint density at radius 3 is 2.63 bits per heavy atom.